The third-order valence-corrected chi connectivity index (χ3v) is 7.26. The molecule has 2 aliphatic heterocycles. The van der Waals surface area contributed by atoms with Gasteiger partial charge in [0.15, 0.2) is 5.92 Å². The van der Waals surface area contributed by atoms with Gasteiger partial charge in [-0.1, -0.05) is 6.07 Å². The largest absolute Gasteiger partial charge is 0.383 e. The molecule has 2 aliphatic rings. The molecule has 0 aromatic heterocycles. The number of nitrogens with zero attached hydrogens (tertiary/aromatic N) is 4. The SMILES string of the molecule is CCN1C(=O)C(CNc2cccc(NC(=O)CN3CCCC3)c2)S[C@H]1C(C#N)C(=O)NCC#N. The fourth-order valence-corrected chi connectivity index (χ4v) is 5.60. The third-order valence-electron chi connectivity index (χ3n) is 5.76. The van der Waals surface area contributed by atoms with Crippen LogP contribution in [0.1, 0.15) is 19.8 Å². The number of thioether (sulfide) groups is 1. The predicted molar refractivity (Wildman–Crippen MR) is 130 cm³/mol. The number of anilines is 2. The van der Waals surface area contributed by atoms with Gasteiger partial charge in [0.2, 0.25) is 17.7 Å². The van der Waals surface area contributed by atoms with Crippen LogP contribution in [0.3, 0.4) is 0 Å². The Hall–Kier alpha value is -3.28. The smallest absolute Gasteiger partial charge is 0.241 e. The molecule has 1 aromatic carbocycles. The fourth-order valence-electron chi connectivity index (χ4n) is 4.09. The molecule has 3 amide bonds. The second-order valence-electron chi connectivity index (χ2n) is 8.12. The van der Waals surface area contributed by atoms with E-state index in [1.807, 2.05) is 36.4 Å². The van der Waals surface area contributed by atoms with Gasteiger partial charge in [0.05, 0.1) is 18.7 Å². The molecule has 34 heavy (non-hydrogen) atoms. The van der Waals surface area contributed by atoms with Crippen molar-refractivity contribution >= 4 is 40.9 Å². The number of hydrogen-bond acceptors (Lipinski definition) is 8. The number of amides is 3. The van der Waals surface area contributed by atoms with Gasteiger partial charge in [-0.25, -0.2) is 0 Å². The van der Waals surface area contributed by atoms with Crippen LogP contribution in [0.15, 0.2) is 24.3 Å². The summed E-state index contributed by atoms with van der Waals surface area (Å²) in [6, 6.07) is 11.1. The molecule has 2 unspecified atom stereocenters. The zero-order chi connectivity index (χ0) is 24.5. The summed E-state index contributed by atoms with van der Waals surface area (Å²) in [6.45, 7) is 4.56. The molecular formula is C23H29N7O3S. The highest BCUT2D eigenvalue weighted by molar-refractivity contribution is 8.01. The standard InChI is InChI=1S/C23H29N7O3S/c1-2-30-22(33)19(34-23(30)18(13-25)21(32)26-9-8-24)14-27-16-6-5-7-17(12-16)28-20(31)15-29-10-3-4-11-29/h5-7,12,18-19,23,27H,2-4,9-11,14-15H2,1H3,(H,26,32)(H,28,31)/t18?,19?,23-/m0/s1. The van der Waals surface area contributed by atoms with Crippen LogP contribution in [-0.4, -0.2) is 77.4 Å². The van der Waals surface area contributed by atoms with Gasteiger partial charge in [-0.2, -0.15) is 10.5 Å². The fraction of sp³-hybridized carbons (Fsp3) is 0.522. The van der Waals surface area contributed by atoms with Gasteiger partial charge in [-0.3, -0.25) is 19.3 Å². The van der Waals surface area contributed by atoms with Gasteiger partial charge in [-0.15, -0.1) is 11.8 Å². The van der Waals surface area contributed by atoms with E-state index in [1.165, 1.54) is 16.7 Å². The van der Waals surface area contributed by atoms with Crippen molar-refractivity contribution in [3.63, 3.8) is 0 Å². The van der Waals surface area contributed by atoms with E-state index in [4.69, 9.17) is 5.26 Å². The quantitative estimate of drug-likeness (QED) is 0.422. The summed E-state index contributed by atoms with van der Waals surface area (Å²) in [6.07, 6.45) is 2.25. The molecule has 0 saturated carbocycles. The molecule has 2 fully saturated rings. The normalized spacial score (nSPS) is 20.9. The Kier molecular flexibility index (Phi) is 9.14. The van der Waals surface area contributed by atoms with Gasteiger partial charge < -0.3 is 20.9 Å². The van der Waals surface area contributed by atoms with Crippen LogP contribution in [-0.2, 0) is 14.4 Å². The van der Waals surface area contributed by atoms with Crippen molar-refractivity contribution in [2.75, 3.05) is 49.9 Å². The summed E-state index contributed by atoms with van der Waals surface area (Å²) in [4.78, 5) is 41.2. The average Bonchev–Trinajstić information content (AvgIpc) is 3.44. The van der Waals surface area contributed by atoms with Gasteiger partial charge in [0, 0.05) is 24.5 Å². The average molecular weight is 484 g/mol. The van der Waals surface area contributed by atoms with Crippen molar-refractivity contribution in [3.05, 3.63) is 24.3 Å². The van der Waals surface area contributed by atoms with E-state index in [9.17, 15) is 19.6 Å². The van der Waals surface area contributed by atoms with Crippen LogP contribution in [0.2, 0.25) is 0 Å². The Morgan fingerprint density at radius 1 is 1.24 bits per heavy atom. The summed E-state index contributed by atoms with van der Waals surface area (Å²) < 4.78 is 0. The lowest BCUT2D eigenvalue weighted by molar-refractivity contribution is -0.131. The first-order chi connectivity index (χ1) is 16.5. The van der Waals surface area contributed by atoms with Gasteiger partial charge >= 0.3 is 0 Å². The maximum Gasteiger partial charge on any atom is 0.241 e. The minimum absolute atomic E-state index is 0.0563. The van der Waals surface area contributed by atoms with E-state index in [2.05, 4.69) is 20.9 Å². The zero-order valence-corrected chi connectivity index (χ0v) is 19.9. The Labute approximate surface area is 203 Å². The summed E-state index contributed by atoms with van der Waals surface area (Å²) in [5.41, 5.74) is 1.42. The molecule has 0 aliphatic carbocycles. The van der Waals surface area contributed by atoms with Crippen LogP contribution >= 0.6 is 11.8 Å². The maximum atomic E-state index is 12.9. The molecule has 0 spiro atoms. The van der Waals surface area contributed by atoms with E-state index < -0.39 is 22.4 Å². The molecule has 2 heterocycles. The number of nitrogens with one attached hydrogen (secondary N) is 3. The molecule has 2 saturated heterocycles. The number of likely N-dealkylation sites (tertiary alicyclic amines) is 1. The molecule has 0 radical (unpaired) electrons. The highest BCUT2D eigenvalue weighted by Crippen LogP contribution is 2.36. The Morgan fingerprint density at radius 3 is 2.65 bits per heavy atom. The van der Waals surface area contributed by atoms with E-state index in [0.717, 1.165) is 31.6 Å². The lowest BCUT2D eigenvalue weighted by Crippen LogP contribution is -2.44. The highest BCUT2D eigenvalue weighted by Gasteiger charge is 2.45. The van der Waals surface area contributed by atoms with Crippen molar-refractivity contribution in [1.82, 2.24) is 15.1 Å². The molecule has 3 N–H and O–H groups in total. The Bertz CT molecular complexity index is 984. The van der Waals surface area contributed by atoms with Crippen molar-refractivity contribution in [1.29, 1.82) is 10.5 Å². The van der Waals surface area contributed by atoms with Gasteiger partial charge in [-0.05, 0) is 51.1 Å². The van der Waals surface area contributed by atoms with Crippen molar-refractivity contribution in [3.8, 4) is 12.1 Å². The van der Waals surface area contributed by atoms with E-state index in [-0.39, 0.29) is 18.4 Å². The van der Waals surface area contributed by atoms with Crippen LogP contribution in [0, 0.1) is 28.6 Å². The monoisotopic (exact) mass is 483 g/mol. The van der Waals surface area contributed by atoms with Crippen LogP contribution in [0.5, 0.6) is 0 Å². The minimum atomic E-state index is -1.07. The lowest BCUT2D eigenvalue weighted by Gasteiger charge is -2.24. The minimum Gasteiger partial charge on any atom is -0.383 e. The van der Waals surface area contributed by atoms with Crippen LogP contribution in [0.25, 0.3) is 0 Å². The van der Waals surface area contributed by atoms with E-state index >= 15 is 0 Å². The number of benzene rings is 1. The lowest BCUT2D eigenvalue weighted by atomic mass is 10.1. The molecular weight excluding hydrogens is 454 g/mol. The first-order valence-electron chi connectivity index (χ1n) is 11.3. The van der Waals surface area contributed by atoms with Crippen LogP contribution in [0.4, 0.5) is 11.4 Å². The first-order valence-corrected chi connectivity index (χ1v) is 12.3. The zero-order valence-electron chi connectivity index (χ0n) is 19.1. The second-order valence-corrected chi connectivity index (χ2v) is 9.44. The number of rotatable bonds is 10. The number of hydrogen-bond donors (Lipinski definition) is 3. The van der Waals surface area contributed by atoms with Crippen LogP contribution < -0.4 is 16.0 Å². The maximum absolute atomic E-state index is 12.9. The molecule has 10 nitrogen and oxygen atoms in total. The first kappa shape index (κ1) is 25.3. The number of carbonyl (C=O) groups is 3. The third kappa shape index (κ3) is 6.40. The highest BCUT2D eigenvalue weighted by atomic mass is 32.2. The van der Waals surface area contributed by atoms with Gasteiger partial charge in [0.1, 0.15) is 17.2 Å². The van der Waals surface area contributed by atoms with E-state index in [1.54, 1.807) is 6.92 Å². The second kappa shape index (κ2) is 12.3. The molecule has 3 atom stereocenters. The molecule has 0 bridgehead atoms. The topological polar surface area (TPSA) is 141 Å². The van der Waals surface area contributed by atoms with Crippen molar-refractivity contribution in [2.24, 2.45) is 5.92 Å². The summed E-state index contributed by atoms with van der Waals surface area (Å²) in [5.74, 6) is -1.83. The van der Waals surface area contributed by atoms with Crippen molar-refractivity contribution < 1.29 is 14.4 Å². The summed E-state index contributed by atoms with van der Waals surface area (Å²) >= 11 is 1.27. The Balaban J connectivity index is 1.58. The summed E-state index contributed by atoms with van der Waals surface area (Å²) in [5, 5.41) is 25.7. The molecule has 3 rings (SSSR count). The molecule has 180 valence electrons. The van der Waals surface area contributed by atoms with E-state index in [0.29, 0.717) is 25.3 Å². The number of carbonyl (C=O) groups excluding carboxylic acids is 3. The number of nitriles is 2. The van der Waals surface area contributed by atoms with Gasteiger partial charge in [0.25, 0.3) is 0 Å². The summed E-state index contributed by atoms with van der Waals surface area (Å²) in [7, 11) is 0. The molecule has 11 heteroatoms. The predicted octanol–water partition coefficient (Wildman–Crippen LogP) is 1.20. The van der Waals surface area contributed by atoms with Crippen molar-refractivity contribution in [2.45, 2.75) is 30.4 Å². The Morgan fingerprint density at radius 2 is 1.97 bits per heavy atom. The molecule has 1 aromatic rings.